The van der Waals surface area contributed by atoms with Gasteiger partial charge in [0, 0.05) is 37.7 Å². The van der Waals surface area contributed by atoms with Gasteiger partial charge in [-0.15, -0.1) is 0 Å². The summed E-state index contributed by atoms with van der Waals surface area (Å²) in [5.74, 6) is 0.302. The zero-order valence-corrected chi connectivity index (χ0v) is 10.9. The Kier molecular flexibility index (Phi) is 3.67. The Morgan fingerprint density at radius 2 is 2.06 bits per heavy atom. The number of aromatic nitrogens is 1. The van der Waals surface area contributed by atoms with Crippen LogP contribution in [-0.2, 0) is 11.2 Å². The Morgan fingerprint density at radius 3 is 2.78 bits per heavy atom. The molecule has 0 spiro atoms. The normalized spacial score (nSPS) is 13.6. The second kappa shape index (κ2) is 5.23. The van der Waals surface area contributed by atoms with Crippen molar-refractivity contribution in [1.82, 2.24) is 4.98 Å². The Bertz CT molecular complexity index is 585. The lowest BCUT2D eigenvalue weighted by molar-refractivity contribution is 0.277. The van der Waals surface area contributed by atoms with Crippen LogP contribution in [0.5, 0.6) is 5.75 Å². The van der Waals surface area contributed by atoms with Crippen molar-refractivity contribution >= 4 is 16.6 Å². The number of aliphatic imine (C=N–C) groups is 1. The molecule has 4 heteroatoms. The van der Waals surface area contributed by atoms with E-state index < -0.39 is 0 Å². The summed E-state index contributed by atoms with van der Waals surface area (Å²) < 4.78 is 4.25. The number of aromatic amines is 1. The van der Waals surface area contributed by atoms with Gasteiger partial charge in [0.2, 0.25) is 0 Å². The zero-order valence-electron chi connectivity index (χ0n) is 10.9. The standard InChI is InChI=1S/C12H12N2O.C2H6O/c1-7-12-10(4-5-13-7)9-3-2-8(15)6-11(9)14-12;1-3-2/h2-3,6,14-15H,4-5H2,1H3;1-2H3. The molecule has 0 aliphatic carbocycles. The SMILES string of the molecule is CC1=NCCc2c1[nH]c1cc(O)ccc21.COC. The van der Waals surface area contributed by atoms with Crippen molar-refractivity contribution < 1.29 is 9.84 Å². The quantitative estimate of drug-likeness (QED) is 0.750. The number of aromatic hydroxyl groups is 1. The number of methoxy groups -OCH3 is 1. The zero-order chi connectivity index (χ0) is 13.1. The number of H-pyrrole nitrogens is 1. The number of nitrogens with zero attached hydrogens (tertiary/aromatic N) is 1. The summed E-state index contributed by atoms with van der Waals surface area (Å²) in [4.78, 5) is 7.73. The van der Waals surface area contributed by atoms with Crippen molar-refractivity contribution in [2.24, 2.45) is 4.99 Å². The van der Waals surface area contributed by atoms with Gasteiger partial charge in [-0.25, -0.2) is 0 Å². The third-order valence-corrected chi connectivity index (χ3v) is 2.96. The summed E-state index contributed by atoms with van der Waals surface area (Å²) in [5, 5.41) is 10.6. The molecule has 0 atom stereocenters. The molecule has 1 aromatic heterocycles. The minimum Gasteiger partial charge on any atom is -0.508 e. The molecule has 0 amide bonds. The molecule has 2 aromatic rings. The smallest absolute Gasteiger partial charge is 0.117 e. The highest BCUT2D eigenvalue weighted by atomic mass is 16.4. The molecule has 0 saturated carbocycles. The number of fused-ring (bicyclic) bond motifs is 3. The predicted octanol–water partition coefficient (Wildman–Crippen LogP) is 2.50. The van der Waals surface area contributed by atoms with Crippen LogP contribution in [0.4, 0.5) is 0 Å². The molecule has 0 fully saturated rings. The average molecular weight is 246 g/mol. The van der Waals surface area contributed by atoms with Crippen LogP contribution in [0.2, 0.25) is 0 Å². The van der Waals surface area contributed by atoms with E-state index in [1.165, 1.54) is 10.9 Å². The molecule has 4 nitrogen and oxygen atoms in total. The van der Waals surface area contributed by atoms with Gasteiger partial charge >= 0.3 is 0 Å². The molecule has 0 radical (unpaired) electrons. The Labute approximate surface area is 106 Å². The first-order valence-electron chi connectivity index (χ1n) is 5.92. The van der Waals surface area contributed by atoms with E-state index in [-0.39, 0.29) is 0 Å². The van der Waals surface area contributed by atoms with Crippen molar-refractivity contribution in [3.8, 4) is 5.75 Å². The maximum Gasteiger partial charge on any atom is 0.117 e. The van der Waals surface area contributed by atoms with Crippen LogP contribution >= 0.6 is 0 Å². The minimum absolute atomic E-state index is 0.302. The highest BCUT2D eigenvalue weighted by Crippen LogP contribution is 2.28. The molecule has 0 bridgehead atoms. The van der Waals surface area contributed by atoms with Gasteiger partial charge < -0.3 is 14.8 Å². The molecule has 1 aliphatic heterocycles. The average Bonchev–Trinajstić information content (AvgIpc) is 2.69. The van der Waals surface area contributed by atoms with Crippen molar-refractivity contribution in [1.29, 1.82) is 0 Å². The molecule has 2 N–H and O–H groups in total. The first kappa shape index (κ1) is 12.6. The summed E-state index contributed by atoms with van der Waals surface area (Å²) in [7, 11) is 3.25. The fourth-order valence-corrected chi connectivity index (χ4v) is 2.23. The summed E-state index contributed by atoms with van der Waals surface area (Å²) in [6.45, 7) is 2.89. The summed E-state index contributed by atoms with van der Waals surface area (Å²) in [5.41, 5.74) is 4.52. The number of phenols is 1. The maximum atomic E-state index is 9.41. The van der Waals surface area contributed by atoms with Crippen LogP contribution in [0.1, 0.15) is 18.2 Å². The van der Waals surface area contributed by atoms with Crippen molar-refractivity contribution in [3.63, 3.8) is 0 Å². The topological polar surface area (TPSA) is 57.6 Å². The molecular formula is C14H18N2O2. The van der Waals surface area contributed by atoms with E-state index in [1.54, 1.807) is 26.4 Å². The van der Waals surface area contributed by atoms with Crippen LogP contribution in [-0.4, -0.2) is 36.6 Å². The monoisotopic (exact) mass is 246 g/mol. The molecule has 0 saturated heterocycles. The summed E-state index contributed by atoms with van der Waals surface area (Å²) in [6, 6.07) is 5.47. The summed E-state index contributed by atoms with van der Waals surface area (Å²) in [6.07, 6.45) is 0.984. The minimum atomic E-state index is 0.302. The second-order valence-electron chi connectivity index (χ2n) is 4.33. The Balaban J connectivity index is 0.000000367. The van der Waals surface area contributed by atoms with Crippen molar-refractivity contribution in [3.05, 3.63) is 29.5 Å². The van der Waals surface area contributed by atoms with E-state index >= 15 is 0 Å². The van der Waals surface area contributed by atoms with Crippen molar-refractivity contribution in [2.75, 3.05) is 20.8 Å². The molecular weight excluding hydrogens is 228 g/mol. The lowest BCUT2D eigenvalue weighted by atomic mass is 10.0. The van der Waals surface area contributed by atoms with Crippen LogP contribution in [0.25, 0.3) is 10.9 Å². The second-order valence-corrected chi connectivity index (χ2v) is 4.33. The number of ether oxygens (including phenoxy) is 1. The molecule has 2 heterocycles. The lowest BCUT2D eigenvalue weighted by Crippen LogP contribution is -2.08. The number of nitrogens with one attached hydrogen (secondary N) is 1. The van der Waals surface area contributed by atoms with E-state index in [0.717, 1.165) is 29.9 Å². The molecule has 1 aliphatic rings. The maximum absolute atomic E-state index is 9.41. The summed E-state index contributed by atoms with van der Waals surface area (Å²) >= 11 is 0. The van der Waals surface area contributed by atoms with E-state index in [0.29, 0.717) is 5.75 Å². The Morgan fingerprint density at radius 1 is 1.33 bits per heavy atom. The van der Waals surface area contributed by atoms with Gasteiger partial charge in [0.05, 0.1) is 11.4 Å². The molecule has 96 valence electrons. The van der Waals surface area contributed by atoms with Crippen LogP contribution in [0, 0.1) is 0 Å². The first-order valence-corrected chi connectivity index (χ1v) is 5.92. The van der Waals surface area contributed by atoms with E-state index in [2.05, 4.69) is 14.7 Å². The largest absolute Gasteiger partial charge is 0.508 e. The first-order chi connectivity index (χ1) is 8.67. The van der Waals surface area contributed by atoms with Gasteiger partial charge in [-0.05, 0) is 31.0 Å². The van der Waals surface area contributed by atoms with Gasteiger partial charge in [0.1, 0.15) is 5.75 Å². The molecule has 1 aromatic carbocycles. The number of hydrogen-bond donors (Lipinski definition) is 2. The van der Waals surface area contributed by atoms with Crippen LogP contribution < -0.4 is 0 Å². The van der Waals surface area contributed by atoms with Crippen LogP contribution in [0.15, 0.2) is 23.2 Å². The van der Waals surface area contributed by atoms with E-state index in [4.69, 9.17) is 0 Å². The number of rotatable bonds is 0. The highest BCUT2D eigenvalue weighted by molar-refractivity contribution is 6.05. The van der Waals surface area contributed by atoms with E-state index in [1.807, 2.05) is 13.0 Å². The molecule has 0 unspecified atom stereocenters. The highest BCUT2D eigenvalue weighted by Gasteiger charge is 2.16. The third-order valence-electron chi connectivity index (χ3n) is 2.96. The van der Waals surface area contributed by atoms with Crippen LogP contribution in [0.3, 0.4) is 0 Å². The van der Waals surface area contributed by atoms with Gasteiger partial charge in [0.25, 0.3) is 0 Å². The number of phenolic OH excluding ortho intramolecular Hbond substituents is 1. The van der Waals surface area contributed by atoms with Crippen molar-refractivity contribution in [2.45, 2.75) is 13.3 Å². The number of benzene rings is 1. The van der Waals surface area contributed by atoms with Gasteiger partial charge in [0.15, 0.2) is 0 Å². The fourth-order valence-electron chi connectivity index (χ4n) is 2.23. The molecule has 3 rings (SSSR count). The van der Waals surface area contributed by atoms with Gasteiger partial charge in [-0.2, -0.15) is 0 Å². The molecule has 18 heavy (non-hydrogen) atoms. The Hall–Kier alpha value is -1.81. The lowest BCUT2D eigenvalue weighted by Gasteiger charge is -2.08. The van der Waals surface area contributed by atoms with E-state index in [9.17, 15) is 5.11 Å². The predicted molar refractivity (Wildman–Crippen MR) is 73.7 cm³/mol. The number of hydrogen-bond acceptors (Lipinski definition) is 3. The fraction of sp³-hybridized carbons (Fsp3) is 0.357. The van der Waals surface area contributed by atoms with Gasteiger partial charge in [-0.1, -0.05) is 0 Å². The third kappa shape index (κ3) is 2.24. The van der Waals surface area contributed by atoms with Gasteiger partial charge in [-0.3, -0.25) is 4.99 Å².